The summed E-state index contributed by atoms with van der Waals surface area (Å²) in [5.41, 5.74) is 2.91. The molecule has 0 bridgehead atoms. The molecular formula is C26H30N2O4. The van der Waals surface area contributed by atoms with Crippen molar-refractivity contribution in [3.05, 3.63) is 53.6 Å². The number of benzene rings is 2. The first-order valence-electron chi connectivity index (χ1n) is 11.7. The van der Waals surface area contributed by atoms with Crippen LogP contribution in [-0.4, -0.2) is 43.0 Å². The Hall–Kier alpha value is -3.02. The highest BCUT2D eigenvalue weighted by Gasteiger charge is 2.33. The van der Waals surface area contributed by atoms with Crippen LogP contribution in [0.2, 0.25) is 0 Å². The quantitative estimate of drug-likeness (QED) is 0.630. The second-order valence-electron chi connectivity index (χ2n) is 9.06. The van der Waals surface area contributed by atoms with E-state index in [-0.39, 0.29) is 12.7 Å². The summed E-state index contributed by atoms with van der Waals surface area (Å²) >= 11 is 0. The summed E-state index contributed by atoms with van der Waals surface area (Å²) in [6, 6.07) is 14.1. The Morgan fingerprint density at radius 3 is 2.41 bits per heavy atom. The normalized spacial score (nSPS) is 18.7. The van der Waals surface area contributed by atoms with Crippen LogP contribution >= 0.6 is 0 Å². The third-order valence-corrected chi connectivity index (χ3v) is 7.08. The van der Waals surface area contributed by atoms with Crippen molar-refractivity contribution in [2.75, 3.05) is 24.8 Å². The van der Waals surface area contributed by atoms with Gasteiger partial charge in [-0.15, -0.1) is 0 Å². The highest BCUT2D eigenvalue weighted by atomic mass is 16.7. The number of aldehydes is 1. The lowest BCUT2D eigenvalue weighted by atomic mass is 9.93. The van der Waals surface area contributed by atoms with Crippen LogP contribution in [0.5, 0.6) is 11.5 Å². The van der Waals surface area contributed by atoms with E-state index < -0.39 is 0 Å². The van der Waals surface area contributed by atoms with Crippen molar-refractivity contribution >= 4 is 17.9 Å². The van der Waals surface area contributed by atoms with Crippen molar-refractivity contribution < 1.29 is 19.1 Å². The maximum Gasteiger partial charge on any atom is 0.231 e. The fourth-order valence-electron chi connectivity index (χ4n) is 5.22. The molecule has 168 valence electrons. The summed E-state index contributed by atoms with van der Waals surface area (Å²) in [6.07, 6.45) is 7.18. The predicted molar refractivity (Wildman–Crippen MR) is 122 cm³/mol. The zero-order valence-corrected chi connectivity index (χ0v) is 18.4. The molecule has 2 aliphatic heterocycles. The van der Waals surface area contributed by atoms with Crippen molar-refractivity contribution in [1.82, 2.24) is 4.90 Å². The van der Waals surface area contributed by atoms with Gasteiger partial charge in [-0.05, 0) is 67.6 Å². The van der Waals surface area contributed by atoms with Gasteiger partial charge in [0.25, 0.3) is 0 Å². The largest absolute Gasteiger partial charge is 0.454 e. The molecule has 0 spiro atoms. The Kier molecular flexibility index (Phi) is 6.02. The van der Waals surface area contributed by atoms with Crippen molar-refractivity contribution in [2.24, 2.45) is 5.92 Å². The number of piperidine rings is 1. The van der Waals surface area contributed by atoms with E-state index in [0.717, 1.165) is 67.8 Å². The fourth-order valence-corrected chi connectivity index (χ4v) is 5.22. The van der Waals surface area contributed by atoms with E-state index >= 15 is 0 Å². The first-order chi connectivity index (χ1) is 15.7. The summed E-state index contributed by atoms with van der Waals surface area (Å²) in [5.74, 6) is 1.91. The Bertz CT molecular complexity index is 960. The van der Waals surface area contributed by atoms with Gasteiger partial charge in [-0.3, -0.25) is 9.59 Å². The van der Waals surface area contributed by atoms with Crippen LogP contribution in [0.25, 0.3) is 0 Å². The minimum Gasteiger partial charge on any atom is -0.454 e. The molecule has 0 atom stereocenters. The van der Waals surface area contributed by atoms with Gasteiger partial charge >= 0.3 is 0 Å². The van der Waals surface area contributed by atoms with Crippen LogP contribution < -0.4 is 14.4 Å². The zero-order chi connectivity index (χ0) is 21.9. The predicted octanol–water partition coefficient (Wildman–Crippen LogP) is 4.42. The number of hydrogen-bond acceptors (Lipinski definition) is 5. The number of nitrogens with zero attached hydrogens (tertiary/aromatic N) is 2. The van der Waals surface area contributed by atoms with Gasteiger partial charge in [0, 0.05) is 42.8 Å². The maximum atomic E-state index is 13.7. The van der Waals surface area contributed by atoms with E-state index in [0.29, 0.717) is 24.1 Å². The molecule has 2 aromatic rings. The summed E-state index contributed by atoms with van der Waals surface area (Å²) in [5, 5.41) is 0. The van der Waals surface area contributed by atoms with Crippen molar-refractivity contribution in [2.45, 2.75) is 51.1 Å². The van der Waals surface area contributed by atoms with Gasteiger partial charge in [-0.2, -0.15) is 0 Å². The van der Waals surface area contributed by atoms with Crippen molar-refractivity contribution in [3.63, 3.8) is 0 Å². The highest BCUT2D eigenvalue weighted by Crippen LogP contribution is 2.35. The standard InChI is InChI=1S/C26H30N2O4/c29-17-19-5-8-22(9-6-19)27-13-11-21(12-14-27)26(30)28(23-3-1-2-4-23)16-20-7-10-24-25(15-20)32-18-31-24/h5-10,15,17,21,23H,1-4,11-14,16,18H2. The third-order valence-electron chi connectivity index (χ3n) is 7.08. The molecule has 32 heavy (non-hydrogen) atoms. The molecule has 5 rings (SSSR count). The lowest BCUT2D eigenvalue weighted by molar-refractivity contribution is -0.139. The molecule has 2 aromatic carbocycles. The SMILES string of the molecule is O=Cc1ccc(N2CCC(C(=O)N(Cc3ccc4c(c3)OCO4)C3CCCC3)CC2)cc1. The van der Waals surface area contributed by atoms with Crippen LogP contribution in [0.15, 0.2) is 42.5 Å². The highest BCUT2D eigenvalue weighted by molar-refractivity contribution is 5.80. The number of hydrogen-bond donors (Lipinski definition) is 0. The lowest BCUT2D eigenvalue weighted by Crippen LogP contribution is -2.45. The third kappa shape index (κ3) is 4.31. The van der Waals surface area contributed by atoms with Gasteiger partial charge < -0.3 is 19.3 Å². The van der Waals surface area contributed by atoms with E-state index in [9.17, 15) is 9.59 Å². The van der Waals surface area contributed by atoms with Gasteiger partial charge in [-0.1, -0.05) is 18.9 Å². The second kappa shape index (κ2) is 9.23. The Morgan fingerprint density at radius 2 is 1.69 bits per heavy atom. The molecule has 2 heterocycles. The van der Waals surface area contributed by atoms with Gasteiger partial charge in [0.2, 0.25) is 12.7 Å². The number of carbonyl (C=O) groups excluding carboxylic acids is 2. The van der Waals surface area contributed by atoms with Gasteiger partial charge in [0.05, 0.1) is 0 Å². The fraction of sp³-hybridized carbons (Fsp3) is 0.462. The molecule has 0 unspecified atom stereocenters. The van der Waals surface area contributed by atoms with Crippen molar-refractivity contribution in [1.29, 1.82) is 0 Å². The van der Waals surface area contributed by atoms with E-state index in [4.69, 9.17) is 9.47 Å². The first-order valence-corrected chi connectivity index (χ1v) is 11.7. The molecule has 3 aliphatic rings. The summed E-state index contributed by atoms with van der Waals surface area (Å²) < 4.78 is 11.0. The molecule has 0 radical (unpaired) electrons. The molecule has 1 amide bonds. The number of amides is 1. The molecular weight excluding hydrogens is 404 g/mol. The zero-order valence-electron chi connectivity index (χ0n) is 18.4. The van der Waals surface area contributed by atoms with Gasteiger partial charge in [-0.25, -0.2) is 0 Å². The Labute approximate surface area is 189 Å². The molecule has 6 heteroatoms. The molecule has 1 saturated heterocycles. The van der Waals surface area contributed by atoms with E-state index in [1.54, 1.807) is 0 Å². The average Bonchev–Trinajstić information content (AvgIpc) is 3.54. The molecule has 2 fully saturated rings. The van der Waals surface area contributed by atoms with E-state index in [1.165, 1.54) is 12.8 Å². The lowest BCUT2D eigenvalue weighted by Gasteiger charge is -2.37. The van der Waals surface area contributed by atoms with Crippen LogP contribution in [0, 0.1) is 5.92 Å². The molecule has 6 nitrogen and oxygen atoms in total. The number of anilines is 1. The Balaban J connectivity index is 1.26. The van der Waals surface area contributed by atoms with E-state index in [2.05, 4.69) is 9.80 Å². The maximum absolute atomic E-state index is 13.7. The molecule has 0 N–H and O–H groups in total. The summed E-state index contributed by atoms with van der Waals surface area (Å²) in [6.45, 7) is 2.62. The summed E-state index contributed by atoms with van der Waals surface area (Å²) in [4.78, 5) is 29.0. The van der Waals surface area contributed by atoms with Crippen molar-refractivity contribution in [3.8, 4) is 11.5 Å². The van der Waals surface area contributed by atoms with Crippen LogP contribution in [-0.2, 0) is 11.3 Å². The number of fused-ring (bicyclic) bond motifs is 1. The summed E-state index contributed by atoms with van der Waals surface area (Å²) in [7, 11) is 0. The average molecular weight is 435 g/mol. The van der Waals surface area contributed by atoms with Crippen LogP contribution in [0.1, 0.15) is 54.4 Å². The monoisotopic (exact) mass is 434 g/mol. The minimum atomic E-state index is 0.0649. The van der Waals surface area contributed by atoms with Gasteiger partial charge in [0.15, 0.2) is 11.5 Å². The van der Waals surface area contributed by atoms with Gasteiger partial charge in [0.1, 0.15) is 6.29 Å². The number of carbonyl (C=O) groups is 2. The second-order valence-corrected chi connectivity index (χ2v) is 9.06. The minimum absolute atomic E-state index is 0.0649. The van der Waals surface area contributed by atoms with E-state index in [1.807, 2.05) is 42.5 Å². The van der Waals surface area contributed by atoms with Crippen LogP contribution in [0.3, 0.4) is 0 Å². The molecule has 0 aromatic heterocycles. The number of rotatable bonds is 6. The topological polar surface area (TPSA) is 59.1 Å². The first kappa shape index (κ1) is 20.9. The smallest absolute Gasteiger partial charge is 0.231 e. The van der Waals surface area contributed by atoms with Crippen LogP contribution in [0.4, 0.5) is 5.69 Å². The molecule has 1 saturated carbocycles. The molecule has 1 aliphatic carbocycles. The number of ether oxygens (including phenoxy) is 2. The Morgan fingerprint density at radius 1 is 0.969 bits per heavy atom.